The average Bonchev–Trinajstić information content (AvgIpc) is 3.20. The third-order valence-electron chi connectivity index (χ3n) is 5.37. The van der Waals surface area contributed by atoms with Crippen molar-refractivity contribution in [1.29, 1.82) is 5.26 Å². The van der Waals surface area contributed by atoms with Crippen LogP contribution in [0.5, 0.6) is 0 Å². The molecule has 1 aromatic heterocycles. The Hall–Kier alpha value is -3.97. The van der Waals surface area contributed by atoms with Crippen LogP contribution >= 0.6 is 11.6 Å². The van der Waals surface area contributed by atoms with Crippen molar-refractivity contribution in [2.24, 2.45) is 0 Å². The number of nitrogens with zero attached hydrogens (tertiary/aromatic N) is 7. The lowest BCUT2D eigenvalue weighted by atomic mass is 10.2. The van der Waals surface area contributed by atoms with E-state index in [4.69, 9.17) is 16.9 Å². The van der Waals surface area contributed by atoms with Gasteiger partial charge in [0.2, 0.25) is 0 Å². The fourth-order valence-electron chi connectivity index (χ4n) is 3.65. The van der Waals surface area contributed by atoms with Crippen molar-refractivity contribution in [1.82, 2.24) is 19.9 Å². The third-order valence-corrected chi connectivity index (χ3v) is 5.67. The first-order chi connectivity index (χ1) is 15.4. The second-order valence-corrected chi connectivity index (χ2v) is 7.68. The van der Waals surface area contributed by atoms with Gasteiger partial charge in [-0.15, -0.1) is 5.10 Å². The molecular formula is C21H18ClN7O3. The van der Waals surface area contributed by atoms with Crippen molar-refractivity contribution in [2.45, 2.75) is 6.92 Å². The summed E-state index contributed by atoms with van der Waals surface area (Å²) in [4.78, 5) is 27.2. The number of hydrogen-bond acceptors (Lipinski definition) is 7. The molecule has 0 N–H and O–H groups in total. The number of rotatable bonds is 4. The van der Waals surface area contributed by atoms with Gasteiger partial charge in [-0.3, -0.25) is 14.9 Å². The predicted molar refractivity (Wildman–Crippen MR) is 117 cm³/mol. The Labute approximate surface area is 188 Å². The number of piperazine rings is 1. The lowest BCUT2D eigenvalue weighted by Crippen LogP contribution is -2.49. The largest absolute Gasteiger partial charge is 0.367 e. The van der Waals surface area contributed by atoms with Gasteiger partial charge in [0.25, 0.3) is 11.6 Å². The van der Waals surface area contributed by atoms with Crippen LogP contribution in [0.15, 0.2) is 42.5 Å². The number of nitro benzene ring substituents is 1. The molecule has 11 heteroatoms. The molecule has 162 valence electrons. The Morgan fingerprint density at radius 1 is 1.19 bits per heavy atom. The van der Waals surface area contributed by atoms with Crippen LogP contribution in [0.1, 0.15) is 21.7 Å². The second-order valence-electron chi connectivity index (χ2n) is 7.27. The van der Waals surface area contributed by atoms with Crippen LogP contribution < -0.4 is 4.90 Å². The van der Waals surface area contributed by atoms with E-state index in [2.05, 4.69) is 16.4 Å². The lowest BCUT2D eigenvalue weighted by molar-refractivity contribution is -0.384. The highest BCUT2D eigenvalue weighted by atomic mass is 35.5. The molecule has 3 aromatic rings. The molecule has 32 heavy (non-hydrogen) atoms. The number of carbonyl (C=O) groups is 1. The van der Waals surface area contributed by atoms with Crippen LogP contribution in [-0.2, 0) is 0 Å². The van der Waals surface area contributed by atoms with Crippen molar-refractivity contribution >= 4 is 28.9 Å². The van der Waals surface area contributed by atoms with Gasteiger partial charge in [-0.05, 0) is 31.2 Å². The molecule has 0 bridgehead atoms. The van der Waals surface area contributed by atoms with Crippen molar-refractivity contribution in [2.75, 3.05) is 31.1 Å². The molecule has 1 aliphatic rings. The number of benzene rings is 2. The van der Waals surface area contributed by atoms with Crippen LogP contribution in [0.4, 0.5) is 11.4 Å². The maximum Gasteiger partial charge on any atom is 0.276 e. The quantitative estimate of drug-likeness (QED) is 0.441. The maximum absolute atomic E-state index is 13.1. The normalized spacial score (nSPS) is 13.7. The van der Waals surface area contributed by atoms with E-state index in [0.29, 0.717) is 53.8 Å². The minimum Gasteiger partial charge on any atom is -0.367 e. The van der Waals surface area contributed by atoms with E-state index < -0.39 is 4.92 Å². The Morgan fingerprint density at radius 3 is 2.59 bits per heavy atom. The highest BCUT2D eigenvalue weighted by Crippen LogP contribution is 2.30. The van der Waals surface area contributed by atoms with Crippen molar-refractivity contribution in [3.63, 3.8) is 0 Å². The van der Waals surface area contributed by atoms with Crippen LogP contribution in [-0.4, -0.2) is 56.9 Å². The molecule has 2 heterocycles. The highest BCUT2D eigenvalue weighted by Gasteiger charge is 2.27. The predicted octanol–water partition coefficient (Wildman–Crippen LogP) is 2.97. The number of nitro groups is 1. The van der Waals surface area contributed by atoms with E-state index >= 15 is 0 Å². The van der Waals surface area contributed by atoms with E-state index in [1.54, 1.807) is 46.8 Å². The van der Waals surface area contributed by atoms with Gasteiger partial charge >= 0.3 is 0 Å². The molecule has 2 aromatic carbocycles. The SMILES string of the molecule is Cc1c(C(=O)N2CCN(c3ccc([N+](=O)[O-])cc3Cl)CC2)nnn1-c1cccc(C#N)c1. The zero-order valence-corrected chi connectivity index (χ0v) is 17.9. The van der Waals surface area contributed by atoms with E-state index in [-0.39, 0.29) is 17.3 Å². The zero-order valence-electron chi connectivity index (χ0n) is 17.1. The van der Waals surface area contributed by atoms with Gasteiger partial charge in [0, 0.05) is 38.3 Å². The molecule has 0 atom stereocenters. The standard InChI is InChI=1S/C21H18ClN7O3/c1-14-20(24-25-28(14)16-4-2-3-15(11-16)13-23)21(30)27-9-7-26(8-10-27)19-6-5-17(29(31)32)12-18(19)22/h2-6,11-12H,7-10H2,1H3. The number of anilines is 1. The van der Waals surface area contributed by atoms with Gasteiger partial charge in [-0.2, -0.15) is 5.26 Å². The number of nitriles is 1. The minimum atomic E-state index is -0.488. The molecule has 1 amide bonds. The fourth-order valence-corrected chi connectivity index (χ4v) is 3.94. The van der Waals surface area contributed by atoms with Gasteiger partial charge in [0.15, 0.2) is 5.69 Å². The van der Waals surface area contributed by atoms with Gasteiger partial charge in [0.05, 0.1) is 38.6 Å². The summed E-state index contributed by atoms with van der Waals surface area (Å²) in [6, 6.07) is 13.4. The lowest BCUT2D eigenvalue weighted by Gasteiger charge is -2.36. The summed E-state index contributed by atoms with van der Waals surface area (Å²) in [5.41, 5.74) is 2.63. The molecule has 0 aliphatic carbocycles. The number of hydrogen-bond donors (Lipinski definition) is 0. The Morgan fingerprint density at radius 2 is 1.94 bits per heavy atom. The smallest absolute Gasteiger partial charge is 0.276 e. The van der Waals surface area contributed by atoms with E-state index in [1.807, 2.05) is 4.90 Å². The number of amides is 1. The third kappa shape index (κ3) is 3.98. The van der Waals surface area contributed by atoms with E-state index in [1.165, 1.54) is 12.1 Å². The Balaban J connectivity index is 1.47. The summed E-state index contributed by atoms with van der Waals surface area (Å²) in [6.07, 6.45) is 0. The van der Waals surface area contributed by atoms with Gasteiger partial charge < -0.3 is 9.80 Å². The number of carbonyl (C=O) groups excluding carboxylic acids is 1. The number of halogens is 1. The molecule has 1 aliphatic heterocycles. The summed E-state index contributed by atoms with van der Waals surface area (Å²) < 4.78 is 1.54. The number of non-ortho nitro benzene ring substituents is 1. The first-order valence-electron chi connectivity index (χ1n) is 9.80. The molecule has 0 spiro atoms. The first kappa shape index (κ1) is 21.3. The molecule has 0 saturated carbocycles. The van der Waals surface area contributed by atoms with Crippen molar-refractivity contribution < 1.29 is 9.72 Å². The molecule has 0 unspecified atom stereocenters. The molecule has 0 radical (unpaired) electrons. The first-order valence-corrected chi connectivity index (χ1v) is 10.2. The maximum atomic E-state index is 13.1. The molecular weight excluding hydrogens is 434 g/mol. The summed E-state index contributed by atoms with van der Waals surface area (Å²) in [6.45, 7) is 3.71. The van der Waals surface area contributed by atoms with Crippen molar-refractivity contribution in [3.8, 4) is 11.8 Å². The van der Waals surface area contributed by atoms with Crippen LogP contribution in [0.25, 0.3) is 5.69 Å². The monoisotopic (exact) mass is 451 g/mol. The summed E-state index contributed by atoms with van der Waals surface area (Å²) >= 11 is 6.24. The van der Waals surface area contributed by atoms with Gasteiger partial charge in [-0.1, -0.05) is 22.9 Å². The topological polar surface area (TPSA) is 121 Å². The van der Waals surface area contributed by atoms with Crippen LogP contribution in [0.3, 0.4) is 0 Å². The second kappa shape index (κ2) is 8.64. The summed E-state index contributed by atoms with van der Waals surface area (Å²) in [5.74, 6) is -0.223. The Bertz CT molecular complexity index is 1240. The molecule has 10 nitrogen and oxygen atoms in total. The van der Waals surface area contributed by atoms with E-state index in [9.17, 15) is 14.9 Å². The average molecular weight is 452 g/mol. The Kier molecular flexibility index (Phi) is 5.75. The fraction of sp³-hybridized carbons (Fsp3) is 0.238. The molecule has 4 rings (SSSR count). The number of aromatic nitrogens is 3. The minimum absolute atomic E-state index is 0.0635. The van der Waals surface area contributed by atoms with Crippen LogP contribution in [0, 0.1) is 28.4 Å². The van der Waals surface area contributed by atoms with Crippen LogP contribution in [0.2, 0.25) is 5.02 Å². The summed E-state index contributed by atoms with van der Waals surface area (Å²) in [7, 11) is 0. The van der Waals surface area contributed by atoms with Gasteiger partial charge in [-0.25, -0.2) is 4.68 Å². The molecule has 1 fully saturated rings. The van der Waals surface area contributed by atoms with Gasteiger partial charge in [0.1, 0.15) is 0 Å². The highest BCUT2D eigenvalue weighted by molar-refractivity contribution is 6.33. The zero-order chi connectivity index (χ0) is 22.8. The molecule has 1 saturated heterocycles. The van der Waals surface area contributed by atoms with Crippen molar-refractivity contribution in [3.05, 3.63) is 74.6 Å². The van der Waals surface area contributed by atoms with E-state index in [0.717, 1.165) is 0 Å². The summed E-state index contributed by atoms with van der Waals surface area (Å²) in [5, 5.41) is 28.5.